The summed E-state index contributed by atoms with van der Waals surface area (Å²) in [5.41, 5.74) is -0.916. The Morgan fingerprint density at radius 1 is 1.26 bits per heavy atom. The van der Waals surface area contributed by atoms with Gasteiger partial charge in [0.15, 0.2) is 27.2 Å². The van der Waals surface area contributed by atoms with Gasteiger partial charge in [-0.2, -0.15) is 0 Å². The summed E-state index contributed by atoms with van der Waals surface area (Å²) in [4.78, 5) is 38.1. The molecule has 1 aliphatic heterocycles. The molecular formula is C20H26O6S. The van der Waals surface area contributed by atoms with E-state index in [1.165, 1.54) is 6.92 Å². The number of rotatable bonds is 4. The summed E-state index contributed by atoms with van der Waals surface area (Å²) in [6.07, 6.45) is 4.14. The van der Waals surface area contributed by atoms with Gasteiger partial charge in [-0.05, 0) is 38.2 Å². The Balaban J connectivity index is 2.16. The molecule has 0 aromatic heterocycles. The SMILES string of the molecule is CCOC1CCS(=O)(=O)C2=C1C(C)C=CC2(C)C(=O)C1C(=O)CCCC1=O. The minimum Gasteiger partial charge on any atom is -0.374 e. The standard InChI is InChI=1S/C20H26O6S/c1-4-26-15-9-11-27(24,25)19-16(15)12(2)8-10-20(19,3)18(23)17-13(21)6-5-7-14(17)22/h8,10,12,15,17H,4-7,9,11H2,1-3H3. The van der Waals surface area contributed by atoms with E-state index >= 15 is 0 Å². The molecule has 0 amide bonds. The number of sulfone groups is 1. The number of carbonyl (C=O) groups excluding carboxylic acids is 3. The van der Waals surface area contributed by atoms with Crippen molar-refractivity contribution >= 4 is 27.2 Å². The van der Waals surface area contributed by atoms with E-state index in [4.69, 9.17) is 4.74 Å². The summed E-state index contributed by atoms with van der Waals surface area (Å²) < 4.78 is 31.8. The third-order valence-electron chi connectivity index (χ3n) is 5.88. The average molecular weight is 394 g/mol. The van der Waals surface area contributed by atoms with Crippen LogP contribution < -0.4 is 0 Å². The van der Waals surface area contributed by atoms with Crippen LogP contribution in [-0.2, 0) is 29.0 Å². The number of hydrogen-bond acceptors (Lipinski definition) is 6. The van der Waals surface area contributed by atoms with Crippen molar-refractivity contribution in [2.45, 2.75) is 52.6 Å². The minimum atomic E-state index is -3.69. The largest absolute Gasteiger partial charge is 0.374 e. The molecule has 3 aliphatic rings. The molecule has 1 saturated carbocycles. The smallest absolute Gasteiger partial charge is 0.176 e. The Hall–Kier alpha value is -1.60. The molecule has 0 saturated heterocycles. The van der Waals surface area contributed by atoms with E-state index in [1.807, 2.05) is 13.8 Å². The van der Waals surface area contributed by atoms with Gasteiger partial charge in [-0.25, -0.2) is 8.42 Å². The molecule has 0 radical (unpaired) electrons. The third kappa shape index (κ3) is 3.25. The number of ether oxygens (including phenoxy) is 1. The normalized spacial score (nSPS) is 33.9. The van der Waals surface area contributed by atoms with E-state index < -0.39 is 38.5 Å². The van der Waals surface area contributed by atoms with Crippen LogP contribution in [0.15, 0.2) is 22.6 Å². The lowest BCUT2D eigenvalue weighted by Crippen LogP contribution is -2.48. The quantitative estimate of drug-likeness (QED) is 0.536. The van der Waals surface area contributed by atoms with Gasteiger partial charge in [0.1, 0.15) is 5.92 Å². The molecule has 2 aliphatic carbocycles. The molecule has 0 spiro atoms. The Morgan fingerprint density at radius 2 is 1.89 bits per heavy atom. The Kier molecular flexibility index (Phi) is 5.29. The van der Waals surface area contributed by atoms with Crippen LogP contribution >= 0.6 is 0 Å². The number of allylic oxidation sites excluding steroid dienone is 3. The Morgan fingerprint density at radius 3 is 2.48 bits per heavy atom. The topological polar surface area (TPSA) is 94.6 Å². The van der Waals surface area contributed by atoms with Crippen molar-refractivity contribution < 1.29 is 27.5 Å². The first-order chi connectivity index (χ1) is 12.6. The fraction of sp³-hybridized carbons (Fsp3) is 0.650. The van der Waals surface area contributed by atoms with Gasteiger partial charge in [0.05, 0.1) is 22.2 Å². The molecule has 0 N–H and O–H groups in total. The average Bonchev–Trinajstić information content (AvgIpc) is 2.59. The molecule has 27 heavy (non-hydrogen) atoms. The summed E-state index contributed by atoms with van der Waals surface area (Å²) in [5.74, 6) is -3.08. The van der Waals surface area contributed by atoms with Gasteiger partial charge in [0.2, 0.25) is 0 Å². The van der Waals surface area contributed by atoms with Crippen molar-refractivity contribution in [1.82, 2.24) is 0 Å². The summed E-state index contributed by atoms with van der Waals surface area (Å²) in [5, 5.41) is 0. The lowest BCUT2D eigenvalue weighted by atomic mass is 9.68. The van der Waals surface area contributed by atoms with Crippen LogP contribution in [0.5, 0.6) is 0 Å². The van der Waals surface area contributed by atoms with Gasteiger partial charge >= 0.3 is 0 Å². The van der Waals surface area contributed by atoms with Crippen LogP contribution in [0, 0.1) is 17.3 Å². The highest BCUT2D eigenvalue weighted by atomic mass is 32.2. The molecule has 3 rings (SSSR count). The zero-order valence-electron chi connectivity index (χ0n) is 16.0. The van der Waals surface area contributed by atoms with E-state index in [2.05, 4.69) is 0 Å². The van der Waals surface area contributed by atoms with E-state index in [9.17, 15) is 22.8 Å². The fourth-order valence-corrected chi connectivity index (χ4v) is 6.77. The monoisotopic (exact) mass is 394 g/mol. The Labute approximate surface area is 159 Å². The number of ketones is 3. The fourth-order valence-electron chi connectivity index (χ4n) is 4.55. The third-order valence-corrected chi connectivity index (χ3v) is 7.94. The maximum atomic E-state index is 13.4. The molecule has 3 atom stereocenters. The maximum Gasteiger partial charge on any atom is 0.176 e. The summed E-state index contributed by atoms with van der Waals surface area (Å²) in [6.45, 7) is 5.67. The molecule has 7 heteroatoms. The lowest BCUT2D eigenvalue weighted by molar-refractivity contribution is -0.144. The highest BCUT2D eigenvalue weighted by Gasteiger charge is 2.53. The van der Waals surface area contributed by atoms with Crippen LogP contribution in [0.3, 0.4) is 0 Å². The second-order valence-electron chi connectivity index (χ2n) is 7.77. The van der Waals surface area contributed by atoms with Crippen molar-refractivity contribution in [3.8, 4) is 0 Å². The lowest BCUT2D eigenvalue weighted by Gasteiger charge is -2.41. The maximum absolute atomic E-state index is 13.4. The summed E-state index contributed by atoms with van der Waals surface area (Å²) in [7, 11) is -3.69. The molecule has 0 aromatic carbocycles. The molecule has 6 nitrogen and oxygen atoms in total. The minimum absolute atomic E-state index is 0.0471. The predicted molar refractivity (Wildman–Crippen MR) is 99.6 cm³/mol. The van der Waals surface area contributed by atoms with Crippen molar-refractivity contribution in [2.75, 3.05) is 12.4 Å². The second kappa shape index (κ2) is 7.09. The summed E-state index contributed by atoms with van der Waals surface area (Å²) >= 11 is 0. The van der Waals surface area contributed by atoms with Crippen molar-refractivity contribution in [3.63, 3.8) is 0 Å². The van der Waals surface area contributed by atoms with Crippen molar-refractivity contribution in [1.29, 1.82) is 0 Å². The number of hydrogen-bond donors (Lipinski definition) is 0. The number of Topliss-reactive ketones (excluding diaryl/α,β-unsaturated/α-hetero) is 3. The first-order valence-corrected chi connectivity index (χ1v) is 11.2. The van der Waals surface area contributed by atoms with Crippen LogP contribution in [0.25, 0.3) is 0 Å². The molecule has 1 heterocycles. The van der Waals surface area contributed by atoms with Crippen LogP contribution in [0.2, 0.25) is 0 Å². The molecule has 1 fully saturated rings. The van der Waals surface area contributed by atoms with E-state index in [-0.39, 0.29) is 35.5 Å². The molecule has 148 valence electrons. The van der Waals surface area contributed by atoms with E-state index in [0.29, 0.717) is 25.0 Å². The van der Waals surface area contributed by atoms with E-state index in [0.717, 1.165) is 0 Å². The van der Waals surface area contributed by atoms with Gasteiger partial charge in [0, 0.05) is 19.4 Å². The highest BCUT2D eigenvalue weighted by molar-refractivity contribution is 7.95. The Bertz CT molecular complexity index is 834. The van der Waals surface area contributed by atoms with Crippen LogP contribution in [0.4, 0.5) is 0 Å². The first-order valence-electron chi connectivity index (χ1n) is 9.51. The predicted octanol–water partition coefficient (Wildman–Crippen LogP) is 2.18. The molecule has 3 unspecified atom stereocenters. The van der Waals surface area contributed by atoms with Gasteiger partial charge in [0.25, 0.3) is 0 Å². The molecule has 0 bridgehead atoms. The van der Waals surface area contributed by atoms with E-state index in [1.54, 1.807) is 12.2 Å². The zero-order valence-corrected chi connectivity index (χ0v) is 16.8. The van der Waals surface area contributed by atoms with Crippen molar-refractivity contribution in [3.05, 3.63) is 22.6 Å². The van der Waals surface area contributed by atoms with Crippen molar-refractivity contribution in [2.24, 2.45) is 17.3 Å². The summed E-state index contributed by atoms with van der Waals surface area (Å²) in [6, 6.07) is 0. The first kappa shape index (κ1) is 20.1. The molecular weight excluding hydrogens is 368 g/mol. The van der Waals surface area contributed by atoms with Gasteiger partial charge in [-0.15, -0.1) is 0 Å². The van der Waals surface area contributed by atoms with Gasteiger partial charge in [-0.1, -0.05) is 19.1 Å². The zero-order chi connectivity index (χ0) is 20.0. The second-order valence-corrected chi connectivity index (χ2v) is 9.82. The van der Waals surface area contributed by atoms with Crippen LogP contribution in [-0.4, -0.2) is 44.2 Å². The van der Waals surface area contributed by atoms with Crippen LogP contribution in [0.1, 0.15) is 46.5 Å². The van der Waals surface area contributed by atoms with Gasteiger partial charge < -0.3 is 4.74 Å². The highest BCUT2D eigenvalue weighted by Crippen LogP contribution is 2.48. The van der Waals surface area contributed by atoms with Gasteiger partial charge in [-0.3, -0.25) is 14.4 Å². The molecule has 0 aromatic rings. The number of carbonyl (C=O) groups is 3.